The summed E-state index contributed by atoms with van der Waals surface area (Å²) in [6.45, 7) is 0. The molecular weight excluding hydrogens is 296 g/mol. The zero-order chi connectivity index (χ0) is 13.1. The molecule has 0 bridgehead atoms. The number of carbonyl (C=O) groups is 1. The minimum Gasteiger partial charge on any atom is -0.497 e. The van der Waals surface area contributed by atoms with Gasteiger partial charge < -0.3 is 15.8 Å². The quantitative estimate of drug-likeness (QED) is 0.901. The number of hydrogen-bond donors (Lipinski definition) is 2. The van der Waals surface area contributed by atoms with Crippen LogP contribution >= 0.6 is 15.9 Å². The van der Waals surface area contributed by atoms with Gasteiger partial charge in [-0.25, -0.2) is 0 Å². The number of rotatable bonds is 3. The summed E-state index contributed by atoms with van der Waals surface area (Å²) in [4.78, 5) is 12.1. The topological polar surface area (TPSA) is 64.3 Å². The molecule has 1 aromatic rings. The number of nitrogens with two attached hydrogens (primary N) is 1. The molecule has 1 aromatic carbocycles. The smallest absolute Gasteiger partial charge is 0.229 e. The molecule has 1 aliphatic rings. The van der Waals surface area contributed by atoms with Crippen molar-refractivity contribution in [3.63, 3.8) is 0 Å². The highest BCUT2D eigenvalue weighted by Crippen LogP contribution is 2.28. The normalized spacial score (nSPS) is 22.8. The van der Waals surface area contributed by atoms with Crippen molar-refractivity contribution in [2.75, 3.05) is 12.4 Å². The second-order valence-electron chi connectivity index (χ2n) is 4.57. The zero-order valence-corrected chi connectivity index (χ0v) is 11.9. The van der Waals surface area contributed by atoms with Gasteiger partial charge in [-0.3, -0.25) is 4.79 Å². The van der Waals surface area contributed by atoms with E-state index in [0.29, 0.717) is 5.75 Å². The lowest BCUT2D eigenvalue weighted by Crippen LogP contribution is -2.34. The minimum absolute atomic E-state index is 0.000142. The van der Waals surface area contributed by atoms with E-state index in [9.17, 15) is 4.79 Å². The largest absolute Gasteiger partial charge is 0.497 e. The van der Waals surface area contributed by atoms with Crippen LogP contribution in [0.15, 0.2) is 22.7 Å². The summed E-state index contributed by atoms with van der Waals surface area (Å²) in [6, 6.07) is 5.47. The van der Waals surface area contributed by atoms with Crippen LogP contribution in [0.1, 0.15) is 19.3 Å². The summed E-state index contributed by atoms with van der Waals surface area (Å²) in [7, 11) is 1.60. The molecule has 0 radical (unpaired) electrons. The number of methoxy groups -OCH3 is 1. The first-order valence-corrected chi connectivity index (χ1v) is 6.80. The molecule has 2 unspecified atom stereocenters. The van der Waals surface area contributed by atoms with Crippen LogP contribution in [0.3, 0.4) is 0 Å². The van der Waals surface area contributed by atoms with Gasteiger partial charge in [0, 0.05) is 22.3 Å². The van der Waals surface area contributed by atoms with Crippen molar-refractivity contribution in [3.05, 3.63) is 22.7 Å². The highest BCUT2D eigenvalue weighted by Gasteiger charge is 2.30. The molecule has 5 heteroatoms. The van der Waals surface area contributed by atoms with Crippen LogP contribution < -0.4 is 15.8 Å². The Balaban J connectivity index is 2.09. The molecule has 0 aromatic heterocycles. The van der Waals surface area contributed by atoms with E-state index >= 15 is 0 Å². The number of carbonyl (C=O) groups excluding carboxylic acids is 1. The average Bonchev–Trinajstić information content (AvgIpc) is 2.74. The molecule has 1 saturated carbocycles. The molecule has 0 spiro atoms. The molecular formula is C13H17BrN2O2. The number of benzene rings is 1. The van der Waals surface area contributed by atoms with E-state index in [1.54, 1.807) is 13.2 Å². The molecule has 98 valence electrons. The molecule has 0 heterocycles. The Labute approximate surface area is 115 Å². The number of halogens is 1. The van der Waals surface area contributed by atoms with Crippen LogP contribution in [0, 0.1) is 5.92 Å². The predicted molar refractivity (Wildman–Crippen MR) is 74.6 cm³/mol. The van der Waals surface area contributed by atoms with Crippen molar-refractivity contribution in [1.29, 1.82) is 0 Å². The van der Waals surface area contributed by atoms with Crippen LogP contribution in [0.25, 0.3) is 0 Å². The van der Waals surface area contributed by atoms with Gasteiger partial charge in [-0.1, -0.05) is 22.4 Å². The standard InChI is InChI=1S/C13H17BrN2O2/c1-18-10-6-8(14)5-9(7-10)16-13(17)11-3-2-4-12(11)15/h5-7,11-12H,2-4,15H2,1H3,(H,16,17). The monoisotopic (exact) mass is 312 g/mol. The molecule has 1 aliphatic carbocycles. The molecule has 18 heavy (non-hydrogen) atoms. The minimum atomic E-state index is -0.0741. The van der Waals surface area contributed by atoms with Gasteiger partial charge in [0.05, 0.1) is 13.0 Å². The summed E-state index contributed by atoms with van der Waals surface area (Å²) in [5, 5.41) is 2.90. The van der Waals surface area contributed by atoms with Crippen molar-refractivity contribution >= 4 is 27.5 Å². The lowest BCUT2D eigenvalue weighted by molar-refractivity contribution is -0.120. The maximum Gasteiger partial charge on any atom is 0.229 e. The molecule has 0 aliphatic heterocycles. The summed E-state index contributed by atoms with van der Waals surface area (Å²) in [6.07, 6.45) is 2.83. The summed E-state index contributed by atoms with van der Waals surface area (Å²) in [5.41, 5.74) is 6.65. The van der Waals surface area contributed by atoms with Crippen molar-refractivity contribution in [3.8, 4) is 5.75 Å². The number of ether oxygens (including phenoxy) is 1. The van der Waals surface area contributed by atoms with E-state index in [0.717, 1.165) is 29.4 Å². The van der Waals surface area contributed by atoms with E-state index in [1.165, 1.54) is 0 Å². The first kappa shape index (κ1) is 13.4. The highest BCUT2D eigenvalue weighted by molar-refractivity contribution is 9.10. The maximum absolute atomic E-state index is 12.1. The summed E-state index contributed by atoms with van der Waals surface area (Å²) in [5.74, 6) is 0.630. The maximum atomic E-state index is 12.1. The Hall–Kier alpha value is -1.07. The number of anilines is 1. The first-order chi connectivity index (χ1) is 8.60. The van der Waals surface area contributed by atoms with Crippen LogP contribution in [0.5, 0.6) is 5.75 Å². The Morgan fingerprint density at radius 2 is 2.22 bits per heavy atom. The van der Waals surface area contributed by atoms with Crippen molar-refractivity contribution in [2.24, 2.45) is 11.7 Å². The Kier molecular flexibility index (Phi) is 4.24. The summed E-state index contributed by atoms with van der Waals surface area (Å²) >= 11 is 3.38. The predicted octanol–water partition coefficient (Wildman–Crippen LogP) is 2.52. The van der Waals surface area contributed by atoms with Gasteiger partial charge in [-0.05, 0) is 25.0 Å². The molecule has 1 amide bonds. The van der Waals surface area contributed by atoms with E-state index < -0.39 is 0 Å². The van der Waals surface area contributed by atoms with E-state index in [-0.39, 0.29) is 17.9 Å². The van der Waals surface area contributed by atoms with Crippen LogP contribution in [0.4, 0.5) is 5.69 Å². The number of amides is 1. The van der Waals surface area contributed by atoms with Gasteiger partial charge in [0.1, 0.15) is 5.75 Å². The SMILES string of the molecule is COc1cc(Br)cc(NC(=O)C2CCCC2N)c1. The molecule has 1 fully saturated rings. The van der Waals surface area contributed by atoms with E-state index in [1.807, 2.05) is 12.1 Å². The fraction of sp³-hybridized carbons (Fsp3) is 0.462. The lowest BCUT2D eigenvalue weighted by atomic mass is 10.0. The molecule has 3 N–H and O–H groups in total. The van der Waals surface area contributed by atoms with E-state index in [2.05, 4.69) is 21.2 Å². The third kappa shape index (κ3) is 3.03. The van der Waals surface area contributed by atoms with Gasteiger partial charge in [-0.2, -0.15) is 0 Å². The number of nitrogens with one attached hydrogen (secondary N) is 1. The Bertz CT molecular complexity index is 451. The molecule has 2 atom stereocenters. The second kappa shape index (κ2) is 5.71. The van der Waals surface area contributed by atoms with Crippen LogP contribution in [-0.2, 0) is 4.79 Å². The van der Waals surface area contributed by atoms with Crippen molar-refractivity contribution < 1.29 is 9.53 Å². The third-order valence-corrected chi connectivity index (χ3v) is 3.74. The number of hydrogen-bond acceptors (Lipinski definition) is 3. The Morgan fingerprint density at radius 1 is 1.44 bits per heavy atom. The van der Waals surface area contributed by atoms with Crippen molar-refractivity contribution in [1.82, 2.24) is 0 Å². The van der Waals surface area contributed by atoms with Gasteiger partial charge in [0.25, 0.3) is 0 Å². The van der Waals surface area contributed by atoms with Gasteiger partial charge in [-0.15, -0.1) is 0 Å². The third-order valence-electron chi connectivity index (χ3n) is 3.28. The Morgan fingerprint density at radius 3 is 2.83 bits per heavy atom. The van der Waals surface area contributed by atoms with Gasteiger partial charge in [0.15, 0.2) is 0 Å². The van der Waals surface area contributed by atoms with Gasteiger partial charge in [0.2, 0.25) is 5.91 Å². The lowest BCUT2D eigenvalue weighted by Gasteiger charge is -2.15. The average molecular weight is 313 g/mol. The first-order valence-electron chi connectivity index (χ1n) is 6.01. The molecule has 4 nitrogen and oxygen atoms in total. The molecule has 2 rings (SSSR count). The van der Waals surface area contributed by atoms with E-state index in [4.69, 9.17) is 10.5 Å². The van der Waals surface area contributed by atoms with Crippen LogP contribution in [0.2, 0.25) is 0 Å². The highest BCUT2D eigenvalue weighted by atomic mass is 79.9. The second-order valence-corrected chi connectivity index (χ2v) is 5.49. The zero-order valence-electron chi connectivity index (χ0n) is 10.3. The fourth-order valence-electron chi connectivity index (χ4n) is 2.30. The van der Waals surface area contributed by atoms with Crippen LogP contribution in [-0.4, -0.2) is 19.1 Å². The molecule has 0 saturated heterocycles. The fourth-order valence-corrected chi connectivity index (χ4v) is 2.77. The van der Waals surface area contributed by atoms with Crippen molar-refractivity contribution in [2.45, 2.75) is 25.3 Å². The summed E-state index contributed by atoms with van der Waals surface area (Å²) < 4.78 is 6.03. The van der Waals surface area contributed by atoms with Gasteiger partial charge >= 0.3 is 0 Å².